The Morgan fingerprint density at radius 1 is 1.06 bits per heavy atom. The smallest absolute Gasteiger partial charge is 0.0669 e. The van der Waals surface area contributed by atoms with Crippen LogP contribution in [0.15, 0.2) is 24.3 Å². The zero-order valence-electron chi connectivity index (χ0n) is 12.3. The summed E-state index contributed by atoms with van der Waals surface area (Å²) in [6, 6.07) is 8.47. The van der Waals surface area contributed by atoms with Crippen molar-refractivity contribution in [1.82, 2.24) is 0 Å². The van der Waals surface area contributed by atoms with Gasteiger partial charge in [-0.2, -0.15) is 0 Å². The van der Waals surface area contributed by atoms with Crippen molar-refractivity contribution in [3.05, 3.63) is 35.4 Å². The van der Waals surface area contributed by atoms with E-state index in [9.17, 15) is 5.11 Å². The number of aliphatic hydroxyl groups is 1. The van der Waals surface area contributed by atoms with Gasteiger partial charge in [0.1, 0.15) is 0 Å². The SMILES string of the molecule is CC(C)c1ccc(C(CN)C(O)C(C)(C)C)cc1. The van der Waals surface area contributed by atoms with Gasteiger partial charge in [-0.3, -0.25) is 0 Å². The molecule has 0 bridgehead atoms. The Balaban J connectivity index is 2.96. The molecule has 1 rings (SSSR count). The van der Waals surface area contributed by atoms with Crippen molar-refractivity contribution in [1.29, 1.82) is 0 Å². The summed E-state index contributed by atoms with van der Waals surface area (Å²) in [6.07, 6.45) is -0.424. The molecule has 0 aliphatic carbocycles. The van der Waals surface area contributed by atoms with Crippen LogP contribution in [0.1, 0.15) is 57.6 Å². The lowest BCUT2D eigenvalue weighted by Crippen LogP contribution is -2.36. The summed E-state index contributed by atoms with van der Waals surface area (Å²) in [6.45, 7) is 11.0. The van der Waals surface area contributed by atoms with E-state index in [1.807, 2.05) is 20.8 Å². The first-order valence-corrected chi connectivity index (χ1v) is 6.75. The van der Waals surface area contributed by atoms with Crippen molar-refractivity contribution in [2.45, 2.75) is 52.6 Å². The molecule has 0 fully saturated rings. The molecule has 0 amide bonds. The van der Waals surface area contributed by atoms with Crippen molar-refractivity contribution in [2.75, 3.05) is 6.54 Å². The highest BCUT2D eigenvalue weighted by atomic mass is 16.3. The van der Waals surface area contributed by atoms with Crippen LogP contribution in [0, 0.1) is 5.41 Å². The standard InChI is InChI=1S/C16H27NO/c1-11(2)12-6-8-13(9-7-12)14(10-17)15(18)16(3,4)5/h6-9,11,14-15,18H,10,17H2,1-5H3. The molecule has 3 N–H and O–H groups in total. The maximum absolute atomic E-state index is 10.4. The second kappa shape index (κ2) is 5.85. The van der Waals surface area contributed by atoms with E-state index in [2.05, 4.69) is 38.1 Å². The Bertz CT molecular complexity index is 362. The molecule has 0 aromatic heterocycles. The van der Waals surface area contributed by atoms with E-state index in [4.69, 9.17) is 5.73 Å². The predicted molar refractivity (Wildman–Crippen MR) is 77.8 cm³/mol. The molecule has 0 spiro atoms. The van der Waals surface area contributed by atoms with Crippen LogP contribution >= 0.6 is 0 Å². The van der Waals surface area contributed by atoms with Crippen LogP contribution in [-0.4, -0.2) is 17.8 Å². The van der Waals surface area contributed by atoms with Gasteiger partial charge in [-0.25, -0.2) is 0 Å². The fourth-order valence-corrected chi connectivity index (χ4v) is 2.18. The van der Waals surface area contributed by atoms with Gasteiger partial charge in [0.2, 0.25) is 0 Å². The highest BCUT2D eigenvalue weighted by Crippen LogP contribution is 2.31. The Morgan fingerprint density at radius 2 is 1.50 bits per heavy atom. The summed E-state index contributed by atoms with van der Waals surface area (Å²) >= 11 is 0. The van der Waals surface area contributed by atoms with E-state index >= 15 is 0 Å². The lowest BCUT2D eigenvalue weighted by molar-refractivity contribution is 0.0407. The van der Waals surface area contributed by atoms with Gasteiger partial charge < -0.3 is 10.8 Å². The van der Waals surface area contributed by atoms with Gasteiger partial charge in [-0.05, 0) is 22.5 Å². The minimum absolute atomic E-state index is 0.00575. The van der Waals surface area contributed by atoms with Crippen molar-refractivity contribution < 1.29 is 5.11 Å². The molecule has 1 aromatic carbocycles. The lowest BCUT2D eigenvalue weighted by atomic mass is 9.78. The van der Waals surface area contributed by atoms with Gasteiger partial charge in [0.15, 0.2) is 0 Å². The zero-order chi connectivity index (χ0) is 13.9. The van der Waals surface area contributed by atoms with E-state index in [0.717, 1.165) is 5.56 Å². The van der Waals surface area contributed by atoms with Crippen molar-refractivity contribution in [2.24, 2.45) is 11.1 Å². The minimum atomic E-state index is -0.424. The number of rotatable bonds is 4. The number of aliphatic hydroxyl groups excluding tert-OH is 1. The van der Waals surface area contributed by atoms with Gasteiger partial charge in [0.25, 0.3) is 0 Å². The fraction of sp³-hybridized carbons (Fsp3) is 0.625. The molecule has 2 nitrogen and oxygen atoms in total. The molecule has 102 valence electrons. The van der Waals surface area contributed by atoms with E-state index in [0.29, 0.717) is 12.5 Å². The molecule has 2 heteroatoms. The van der Waals surface area contributed by atoms with Gasteiger partial charge >= 0.3 is 0 Å². The Morgan fingerprint density at radius 3 is 1.83 bits per heavy atom. The molecule has 0 aliphatic heterocycles. The van der Waals surface area contributed by atoms with Crippen molar-refractivity contribution in [3.63, 3.8) is 0 Å². The summed E-state index contributed by atoms with van der Waals surface area (Å²) in [5, 5.41) is 10.4. The first kappa shape index (κ1) is 15.2. The number of benzene rings is 1. The molecule has 0 heterocycles. The third kappa shape index (κ3) is 3.56. The van der Waals surface area contributed by atoms with Crippen LogP contribution < -0.4 is 5.73 Å². The highest BCUT2D eigenvalue weighted by Gasteiger charge is 2.30. The monoisotopic (exact) mass is 249 g/mol. The number of hydrogen-bond donors (Lipinski definition) is 2. The average molecular weight is 249 g/mol. The Hall–Kier alpha value is -0.860. The summed E-state index contributed by atoms with van der Waals surface area (Å²) in [7, 11) is 0. The van der Waals surface area contributed by atoms with Gasteiger partial charge in [0, 0.05) is 12.5 Å². The largest absolute Gasteiger partial charge is 0.392 e. The molecule has 2 atom stereocenters. The van der Waals surface area contributed by atoms with Gasteiger partial charge in [0.05, 0.1) is 6.10 Å². The van der Waals surface area contributed by atoms with E-state index in [1.54, 1.807) is 0 Å². The normalized spacial score (nSPS) is 15.8. The first-order chi connectivity index (χ1) is 8.27. The Kier molecular flexibility index (Phi) is 4.94. The second-order valence-corrected chi connectivity index (χ2v) is 6.47. The van der Waals surface area contributed by atoms with Crippen molar-refractivity contribution in [3.8, 4) is 0 Å². The van der Waals surface area contributed by atoms with Crippen LogP contribution in [0.5, 0.6) is 0 Å². The highest BCUT2D eigenvalue weighted by molar-refractivity contribution is 5.28. The maximum atomic E-state index is 10.4. The topological polar surface area (TPSA) is 46.2 Å². The van der Waals surface area contributed by atoms with Crippen LogP contribution in [-0.2, 0) is 0 Å². The molecule has 0 radical (unpaired) electrons. The molecule has 18 heavy (non-hydrogen) atoms. The summed E-state index contributed by atoms with van der Waals surface area (Å²) in [5.41, 5.74) is 8.14. The van der Waals surface area contributed by atoms with E-state index < -0.39 is 6.10 Å². The third-order valence-electron chi connectivity index (χ3n) is 3.55. The molecular weight excluding hydrogens is 222 g/mol. The van der Waals surface area contributed by atoms with Crippen molar-refractivity contribution >= 4 is 0 Å². The summed E-state index contributed by atoms with van der Waals surface area (Å²) in [5.74, 6) is 0.536. The van der Waals surface area contributed by atoms with Crippen LogP contribution in [0.4, 0.5) is 0 Å². The molecule has 1 aromatic rings. The number of hydrogen-bond acceptors (Lipinski definition) is 2. The molecule has 0 saturated carbocycles. The van der Waals surface area contributed by atoms with Crippen LogP contribution in [0.25, 0.3) is 0 Å². The van der Waals surface area contributed by atoms with Crippen LogP contribution in [0.3, 0.4) is 0 Å². The fourth-order valence-electron chi connectivity index (χ4n) is 2.18. The first-order valence-electron chi connectivity index (χ1n) is 6.75. The maximum Gasteiger partial charge on any atom is 0.0669 e. The van der Waals surface area contributed by atoms with Gasteiger partial charge in [-0.15, -0.1) is 0 Å². The second-order valence-electron chi connectivity index (χ2n) is 6.47. The van der Waals surface area contributed by atoms with E-state index in [-0.39, 0.29) is 11.3 Å². The minimum Gasteiger partial charge on any atom is -0.392 e. The molecule has 2 unspecified atom stereocenters. The quantitative estimate of drug-likeness (QED) is 0.860. The van der Waals surface area contributed by atoms with E-state index in [1.165, 1.54) is 5.56 Å². The number of nitrogens with two attached hydrogens (primary N) is 1. The molecule has 0 aliphatic rings. The Labute approximate surface area is 111 Å². The molecular formula is C16H27NO. The predicted octanol–water partition coefficient (Wildman–Crippen LogP) is 3.26. The average Bonchev–Trinajstić information content (AvgIpc) is 2.29. The lowest BCUT2D eigenvalue weighted by Gasteiger charge is -2.32. The third-order valence-corrected chi connectivity index (χ3v) is 3.55. The van der Waals surface area contributed by atoms with Gasteiger partial charge in [-0.1, -0.05) is 58.9 Å². The zero-order valence-corrected chi connectivity index (χ0v) is 12.3. The summed E-state index contributed by atoms with van der Waals surface area (Å²) < 4.78 is 0. The molecule has 0 saturated heterocycles. The summed E-state index contributed by atoms with van der Waals surface area (Å²) in [4.78, 5) is 0. The van der Waals surface area contributed by atoms with Crippen LogP contribution in [0.2, 0.25) is 0 Å².